The Labute approximate surface area is 207 Å². The molecule has 1 aliphatic heterocycles. The third-order valence-corrected chi connectivity index (χ3v) is 5.55. The number of rotatable bonds is 7. The minimum Gasteiger partial charge on any atom is -0.357 e. The van der Waals surface area contributed by atoms with Crippen LogP contribution in [0.25, 0.3) is 5.69 Å². The van der Waals surface area contributed by atoms with Crippen molar-refractivity contribution in [2.45, 2.75) is 38.9 Å². The first-order valence-electron chi connectivity index (χ1n) is 11.1. The number of halogens is 1. The number of aliphatic imine (C=N–C) groups is 1. The monoisotopic (exact) mass is 545 g/mol. The molecule has 0 spiro atoms. The molecule has 170 valence electrons. The second kappa shape index (κ2) is 12.5. The second-order valence-corrected chi connectivity index (χ2v) is 7.83. The minimum atomic E-state index is 0. The number of piperidine rings is 1. The average Bonchev–Trinajstić information content (AvgIpc) is 3.29. The van der Waals surface area contributed by atoms with Gasteiger partial charge < -0.3 is 10.6 Å². The van der Waals surface area contributed by atoms with Crippen LogP contribution in [0.2, 0.25) is 0 Å². The molecule has 2 N–H and O–H groups in total. The zero-order valence-electron chi connectivity index (χ0n) is 18.5. The van der Waals surface area contributed by atoms with E-state index in [4.69, 9.17) is 4.99 Å². The zero-order chi connectivity index (χ0) is 21.3. The van der Waals surface area contributed by atoms with Crippen LogP contribution in [-0.2, 0) is 13.1 Å². The molecule has 0 bridgehead atoms. The minimum absolute atomic E-state index is 0. The molecular formula is C24H32IN7. The van der Waals surface area contributed by atoms with Crippen LogP contribution < -0.4 is 10.6 Å². The fourth-order valence-electron chi connectivity index (χ4n) is 3.91. The average molecular weight is 545 g/mol. The van der Waals surface area contributed by atoms with Crippen LogP contribution in [0.15, 0.2) is 72.0 Å². The van der Waals surface area contributed by atoms with Gasteiger partial charge in [-0.1, -0.05) is 48.5 Å². The molecule has 0 amide bonds. The van der Waals surface area contributed by atoms with Crippen molar-refractivity contribution in [2.24, 2.45) is 4.99 Å². The summed E-state index contributed by atoms with van der Waals surface area (Å²) >= 11 is 0. The summed E-state index contributed by atoms with van der Waals surface area (Å²) in [6.45, 7) is 6.59. The highest BCUT2D eigenvalue weighted by atomic mass is 127. The molecule has 3 aromatic rings. The maximum Gasteiger partial charge on any atom is 0.191 e. The number of likely N-dealkylation sites (tertiary alicyclic amines) is 1. The molecular weight excluding hydrogens is 513 g/mol. The van der Waals surface area contributed by atoms with Crippen LogP contribution in [0, 0.1) is 0 Å². The van der Waals surface area contributed by atoms with E-state index in [0.29, 0.717) is 12.6 Å². The van der Waals surface area contributed by atoms with Gasteiger partial charge in [0.25, 0.3) is 0 Å². The molecule has 32 heavy (non-hydrogen) atoms. The van der Waals surface area contributed by atoms with Gasteiger partial charge in [0, 0.05) is 37.9 Å². The Morgan fingerprint density at radius 1 is 1.03 bits per heavy atom. The summed E-state index contributed by atoms with van der Waals surface area (Å²) in [7, 11) is 0. The Kier molecular flexibility index (Phi) is 9.48. The van der Waals surface area contributed by atoms with Crippen LogP contribution >= 0.6 is 24.0 Å². The standard InChI is InChI=1S/C24H31N7.HI/c1-2-25-24(26-17-23-29-27-19-31(23)22-11-7-4-8-12-22)28-21-13-15-30(16-14-21)18-20-9-5-3-6-10-20;/h3-12,19,21H,2,13-18H2,1H3,(H2,25,26,28);1H. The lowest BCUT2D eigenvalue weighted by atomic mass is 10.0. The van der Waals surface area contributed by atoms with E-state index in [2.05, 4.69) is 63.0 Å². The van der Waals surface area contributed by atoms with Gasteiger partial charge in [0.2, 0.25) is 0 Å². The lowest BCUT2D eigenvalue weighted by Crippen LogP contribution is -2.48. The van der Waals surface area contributed by atoms with Gasteiger partial charge in [-0.3, -0.25) is 9.47 Å². The van der Waals surface area contributed by atoms with Crippen LogP contribution in [0.5, 0.6) is 0 Å². The van der Waals surface area contributed by atoms with Crippen LogP contribution in [0.1, 0.15) is 31.2 Å². The van der Waals surface area contributed by atoms with Gasteiger partial charge in [-0.15, -0.1) is 34.2 Å². The van der Waals surface area contributed by atoms with Crippen molar-refractivity contribution < 1.29 is 0 Å². The van der Waals surface area contributed by atoms with Gasteiger partial charge in [0.1, 0.15) is 12.9 Å². The number of para-hydroxylation sites is 1. The van der Waals surface area contributed by atoms with Gasteiger partial charge >= 0.3 is 0 Å². The van der Waals surface area contributed by atoms with Crippen molar-refractivity contribution in [3.05, 3.63) is 78.4 Å². The van der Waals surface area contributed by atoms with Crippen molar-refractivity contribution in [3.63, 3.8) is 0 Å². The molecule has 1 saturated heterocycles. The number of hydrogen-bond donors (Lipinski definition) is 2. The maximum atomic E-state index is 4.78. The first-order valence-corrected chi connectivity index (χ1v) is 11.1. The predicted octanol–water partition coefficient (Wildman–Crippen LogP) is 3.61. The first-order chi connectivity index (χ1) is 15.3. The number of hydrogen-bond acceptors (Lipinski definition) is 4. The highest BCUT2D eigenvalue weighted by Crippen LogP contribution is 2.14. The maximum absolute atomic E-state index is 4.78. The fraction of sp³-hybridized carbons (Fsp3) is 0.375. The van der Waals surface area contributed by atoms with Gasteiger partial charge in [-0.05, 0) is 37.5 Å². The summed E-state index contributed by atoms with van der Waals surface area (Å²) in [5.41, 5.74) is 2.42. The van der Waals surface area contributed by atoms with Crippen LogP contribution in [0.4, 0.5) is 0 Å². The number of benzene rings is 2. The highest BCUT2D eigenvalue weighted by Gasteiger charge is 2.20. The Hall–Kier alpha value is -2.46. The zero-order valence-corrected chi connectivity index (χ0v) is 20.9. The van der Waals surface area contributed by atoms with E-state index in [1.807, 2.05) is 34.9 Å². The smallest absolute Gasteiger partial charge is 0.191 e. The first kappa shape index (κ1) is 24.2. The normalized spacial score (nSPS) is 15.2. The molecule has 0 aliphatic carbocycles. The lowest BCUT2D eigenvalue weighted by molar-refractivity contribution is 0.198. The van der Waals surface area contributed by atoms with E-state index in [0.717, 1.165) is 56.5 Å². The number of guanidine groups is 1. The Bertz CT molecular complexity index is 951. The summed E-state index contributed by atoms with van der Waals surface area (Å²) in [4.78, 5) is 7.31. The quantitative estimate of drug-likeness (QED) is 0.270. The molecule has 7 nitrogen and oxygen atoms in total. The molecule has 0 unspecified atom stereocenters. The SMILES string of the molecule is CCNC(=NCc1nncn1-c1ccccc1)NC1CCN(Cc2ccccc2)CC1.I. The summed E-state index contributed by atoms with van der Waals surface area (Å²) in [6.07, 6.45) is 3.96. The van der Waals surface area contributed by atoms with Crippen molar-refractivity contribution in [1.29, 1.82) is 0 Å². The summed E-state index contributed by atoms with van der Waals surface area (Å²) in [6, 6.07) is 21.2. The molecule has 1 aliphatic rings. The van der Waals surface area contributed by atoms with Crippen molar-refractivity contribution in [1.82, 2.24) is 30.3 Å². The number of nitrogens with one attached hydrogen (secondary N) is 2. The number of aromatic nitrogens is 3. The lowest BCUT2D eigenvalue weighted by Gasteiger charge is -2.33. The van der Waals surface area contributed by atoms with E-state index in [1.165, 1.54) is 5.56 Å². The Balaban J connectivity index is 0.00000289. The van der Waals surface area contributed by atoms with Gasteiger partial charge in [0.05, 0.1) is 0 Å². The molecule has 1 fully saturated rings. The van der Waals surface area contributed by atoms with Crippen molar-refractivity contribution in [3.8, 4) is 5.69 Å². The molecule has 2 heterocycles. The van der Waals surface area contributed by atoms with E-state index < -0.39 is 0 Å². The van der Waals surface area contributed by atoms with E-state index in [9.17, 15) is 0 Å². The predicted molar refractivity (Wildman–Crippen MR) is 139 cm³/mol. The molecule has 0 radical (unpaired) electrons. The Morgan fingerprint density at radius 2 is 1.72 bits per heavy atom. The van der Waals surface area contributed by atoms with E-state index in [1.54, 1.807) is 6.33 Å². The highest BCUT2D eigenvalue weighted by molar-refractivity contribution is 14.0. The summed E-state index contributed by atoms with van der Waals surface area (Å²) in [5, 5.41) is 15.3. The molecule has 0 saturated carbocycles. The molecule has 2 aromatic carbocycles. The van der Waals surface area contributed by atoms with E-state index >= 15 is 0 Å². The third kappa shape index (κ3) is 6.77. The topological polar surface area (TPSA) is 70.4 Å². The van der Waals surface area contributed by atoms with Crippen molar-refractivity contribution in [2.75, 3.05) is 19.6 Å². The van der Waals surface area contributed by atoms with Crippen molar-refractivity contribution >= 4 is 29.9 Å². The van der Waals surface area contributed by atoms with E-state index in [-0.39, 0.29) is 24.0 Å². The largest absolute Gasteiger partial charge is 0.357 e. The van der Waals surface area contributed by atoms with Crippen LogP contribution in [-0.4, -0.2) is 51.3 Å². The van der Waals surface area contributed by atoms with Gasteiger partial charge in [-0.2, -0.15) is 0 Å². The second-order valence-electron chi connectivity index (χ2n) is 7.83. The number of nitrogens with zero attached hydrogens (tertiary/aromatic N) is 5. The molecule has 1 aromatic heterocycles. The third-order valence-electron chi connectivity index (χ3n) is 5.55. The summed E-state index contributed by atoms with van der Waals surface area (Å²) in [5.74, 6) is 1.66. The van der Waals surface area contributed by atoms with Crippen LogP contribution in [0.3, 0.4) is 0 Å². The molecule has 4 rings (SSSR count). The molecule has 0 atom stereocenters. The van der Waals surface area contributed by atoms with Gasteiger partial charge in [-0.25, -0.2) is 4.99 Å². The fourth-order valence-corrected chi connectivity index (χ4v) is 3.91. The van der Waals surface area contributed by atoms with Gasteiger partial charge in [0.15, 0.2) is 11.8 Å². The molecule has 8 heteroatoms. The summed E-state index contributed by atoms with van der Waals surface area (Å²) < 4.78 is 1.98. The Morgan fingerprint density at radius 3 is 2.41 bits per heavy atom.